The van der Waals surface area contributed by atoms with Gasteiger partial charge in [0.1, 0.15) is 11.6 Å². The molecule has 20 heavy (non-hydrogen) atoms. The van der Waals surface area contributed by atoms with Gasteiger partial charge in [-0.15, -0.1) is 0 Å². The normalized spacial score (nSPS) is 14.4. The minimum Gasteiger partial charge on any atom is -0.548 e. The number of hydrogen-bond donors (Lipinski definition) is 2. The highest BCUT2D eigenvalue weighted by atomic mass is 16.4. The Bertz CT molecular complexity index is 670. The summed E-state index contributed by atoms with van der Waals surface area (Å²) >= 11 is 0. The second kappa shape index (κ2) is 5.70. The standard InChI is InChI=1S/C11H15N3O6/c1-5(15)7(10(18)19)12-4-6-8(16)13(2)11(20)14(3)9(6)17/h4-5,7,15-16H,1-3H3,(H,18,19)/p-1/t5-,7+/m1/s1. The van der Waals surface area contributed by atoms with Crippen molar-refractivity contribution in [1.29, 1.82) is 0 Å². The number of nitrogens with zero attached hydrogens (tertiary/aromatic N) is 3. The lowest BCUT2D eigenvalue weighted by molar-refractivity contribution is -0.309. The molecule has 110 valence electrons. The van der Waals surface area contributed by atoms with E-state index in [0.29, 0.717) is 0 Å². The SMILES string of the molecule is C[C@@H](O)[C@H](N=Cc1c(O)n(C)c(=O)n(C)c1=O)C(=O)[O-]. The molecule has 1 rings (SSSR count). The van der Waals surface area contributed by atoms with Gasteiger partial charge in [-0.05, 0) is 6.92 Å². The summed E-state index contributed by atoms with van der Waals surface area (Å²) in [5.74, 6) is -2.28. The average Bonchev–Trinajstić information content (AvgIpc) is 2.37. The third kappa shape index (κ3) is 2.77. The van der Waals surface area contributed by atoms with Gasteiger partial charge < -0.3 is 20.1 Å². The summed E-state index contributed by atoms with van der Waals surface area (Å²) in [5.41, 5.74) is -1.94. The lowest BCUT2D eigenvalue weighted by atomic mass is 10.2. The van der Waals surface area contributed by atoms with Crippen LogP contribution in [0.1, 0.15) is 12.5 Å². The second-order valence-corrected chi connectivity index (χ2v) is 4.23. The Hall–Kier alpha value is -2.42. The Morgan fingerprint density at radius 1 is 1.35 bits per heavy atom. The molecule has 0 spiro atoms. The van der Waals surface area contributed by atoms with E-state index in [9.17, 15) is 29.7 Å². The molecular weight excluding hydrogens is 270 g/mol. The molecule has 0 aromatic carbocycles. The highest BCUT2D eigenvalue weighted by Crippen LogP contribution is 2.07. The molecule has 1 aromatic heterocycles. The van der Waals surface area contributed by atoms with Crippen molar-refractivity contribution in [2.24, 2.45) is 19.1 Å². The van der Waals surface area contributed by atoms with Crippen LogP contribution in [0.25, 0.3) is 0 Å². The molecule has 1 heterocycles. The monoisotopic (exact) mass is 284 g/mol. The zero-order chi connectivity index (χ0) is 15.6. The summed E-state index contributed by atoms with van der Waals surface area (Å²) < 4.78 is 1.54. The maximum Gasteiger partial charge on any atom is 0.333 e. The van der Waals surface area contributed by atoms with Gasteiger partial charge in [-0.2, -0.15) is 0 Å². The summed E-state index contributed by atoms with van der Waals surface area (Å²) in [4.78, 5) is 37.5. The molecule has 0 saturated heterocycles. The van der Waals surface area contributed by atoms with E-state index in [4.69, 9.17) is 0 Å². The Morgan fingerprint density at radius 3 is 2.35 bits per heavy atom. The summed E-state index contributed by atoms with van der Waals surface area (Å²) in [6.07, 6.45) is -0.542. The molecule has 0 radical (unpaired) electrons. The number of carbonyl (C=O) groups excluding carboxylic acids is 1. The van der Waals surface area contributed by atoms with E-state index in [1.54, 1.807) is 0 Å². The lowest BCUT2D eigenvalue weighted by Gasteiger charge is -2.16. The van der Waals surface area contributed by atoms with Gasteiger partial charge in [-0.1, -0.05) is 0 Å². The summed E-state index contributed by atoms with van der Waals surface area (Å²) in [7, 11) is 2.44. The first-order valence-corrected chi connectivity index (χ1v) is 5.59. The second-order valence-electron chi connectivity index (χ2n) is 4.23. The van der Waals surface area contributed by atoms with Crippen LogP contribution in [-0.4, -0.2) is 43.7 Å². The predicted molar refractivity (Wildman–Crippen MR) is 66.7 cm³/mol. The van der Waals surface area contributed by atoms with E-state index in [1.165, 1.54) is 21.0 Å². The zero-order valence-corrected chi connectivity index (χ0v) is 11.1. The number of aliphatic hydroxyl groups is 1. The van der Waals surface area contributed by atoms with Crippen molar-refractivity contribution >= 4 is 12.2 Å². The maximum absolute atomic E-state index is 11.8. The third-order valence-corrected chi connectivity index (χ3v) is 2.73. The molecule has 0 aliphatic heterocycles. The van der Waals surface area contributed by atoms with Crippen LogP contribution in [0.15, 0.2) is 14.6 Å². The van der Waals surface area contributed by atoms with E-state index in [-0.39, 0.29) is 5.56 Å². The van der Waals surface area contributed by atoms with Gasteiger partial charge >= 0.3 is 5.69 Å². The van der Waals surface area contributed by atoms with E-state index in [0.717, 1.165) is 15.3 Å². The van der Waals surface area contributed by atoms with Gasteiger partial charge in [0.25, 0.3) is 5.56 Å². The lowest BCUT2D eigenvalue weighted by Crippen LogP contribution is -2.42. The van der Waals surface area contributed by atoms with Crippen LogP contribution < -0.4 is 16.4 Å². The van der Waals surface area contributed by atoms with Crippen molar-refractivity contribution in [3.05, 3.63) is 26.4 Å². The first-order valence-electron chi connectivity index (χ1n) is 5.59. The first-order chi connectivity index (χ1) is 9.18. The Kier molecular flexibility index (Phi) is 4.45. The highest BCUT2D eigenvalue weighted by molar-refractivity contribution is 5.84. The number of hydrogen-bond acceptors (Lipinski definition) is 7. The number of carboxylic acids is 1. The molecule has 9 nitrogen and oxygen atoms in total. The molecule has 0 unspecified atom stereocenters. The van der Waals surface area contributed by atoms with Gasteiger partial charge in [0.05, 0.1) is 12.1 Å². The quantitative estimate of drug-likeness (QED) is 0.556. The van der Waals surface area contributed by atoms with Gasteiger partial charge in [0.2, 0.25) is 5.88 Å². The molecule has 0 fully saturated rings. The Balaban J connectivity index is 3.40. The van der Waals surface area contributed by atoms with Crippen LogP contribution in [-0.2, 0) is 18.9 Å². The fourth-order valence-electron chi connectivity index (χ4n) is 1.51. The van der Waals surface area contributed by atoms with Gasteiger partial charge in [0, 0.05) is 20.3 Å². The smallest absolute Gasteiger partial charge is 0.333 e. The van der Waals surface area contributed by atoms with Crippen LogP contribution in [0.4, 0.5) is 0 Å². The molecule has 0 saturated carbocycles. The minimum atomic E-state index is -1.63. The number of carboxylic acid groups (broad SMARTS) is 1. The van der Waals surface area contributed by atoms with Gasteiger partial charge in [0.15, 0.2) is 0 Å². The molecule has 2 N–H and O–H groups in total. The van der Waals surface area contributed by atoms with Crippen LogP contribution in [0, 0.1) is 0 Å². The molecule has 0 bridgehead atoms. The largest absolute Gasteiger partial charge is 0.548 e. The molecule has 0 aliphatic carbocycles. The van der Waals surface area contributed by atoms with Crippen LogP contribution in [0.5, 0.6) is 5.88 Å². The molecule has 2 atom stereocenters. The molecule has 9 heteroatoms. The van der Waals surface area contributed by atoms with Crippen LogP contribution in [0.3, 0.4) is 0 Å². The highest BCUT2D eigenvalue weighted by Gasteiger charge is 2.16. The number of aliphatic carboxylic acids is 1. The Morgan fingerprint density at radius 2 is 1.90 bits per heavy atom. The molecule has 0 amide bonds. The predicted octanol–water partition coefficient (Wildman–Crippen LogP) is -3.29. The van der Waals surface area contributed by atoms with Crippen molar-refractivity contribution in [3.63, 3.8) is 0 Å². The van der Waals surface area contributed by atoms with E-state index < -0.39 is 35.2 Å². The summed E-state index contributed by atoms with van der Waals surface area (Å²) in [5, 5.41) is 29.7. The zero-order valence-electron chi connectivity index (χ0n) is 11.1. The average molecular weight is 284 g/mol. The molecule has 0 aliphatic rings. The Labute approximate surface area is 113 Å². The van der Waals surface area contributed by atoms with E-state index in [2.05, 4.69) is 4.99 Å². The van der Waals surface area contributed by atoms with Crippen molar-refractivity contribution in [1.82, 2.24) is 9.13 Å². The maximum atomic E-state index is 11.8. The first kappa shape index (κ1) is 15.6. The number of aromatic nitrogens is 2. The van der Waals surface area contributed by atoms with Crippen LogP contribution >= 0.6 is 0 Å². The number of aromatic hydroxyl groups is 1. The fraction of sp³-hybridized carbons (Fsp3) is 0.455. The topological polar surface area (TPSA) is 137 Å². The fourth-order valence-corrected chi connectivity index (χ4v) is 1.51. The van der Waals surface area contributed by atoms with Crippen molar-refractivity contribution in [3.8, 4) is 5.88 Å². The van der Waals surface area contributed by atoms with Crippen molar-refractivity contribution in [2.75, 3.05) is 0 Å². The third-order valence-electron chi connectivity index (χ3n) is 2.73. The van der Waals surface area contributed by atoms with E-state index >= 15 is 0 Å². The summed E-state index contributed by atoms with van der Waals surface area (Å²) in [6, 6.07) is -1.59. The van der Waals surface area contributed by atoms with Crippen molar-refractivity contribution < 1.29 is 20.1 Å². The number of rotatable bonds is 4. The summed E-state index contributed by atoms with van der Waals surface area (Å²) in [6.45, 7) is 1.19. The van der Waals surface area contributed by atoms with Gasteiger partial charge in [-0.25, -0.2) is 4.79 Å². The van der Waals surface area contributed by atoms with E-state index in [1.807, 2.05) is 0 Å². The number of aliphatic hydroxyl groups excluding tert-OH is 1. The minimum absolute atomic E-state index is 0.360. The van der Waals surface area contributed by atoms with Gasteiger partial charge in [-0.3, -0.25) is 18.9 Å². The number of carbonyl (C=O) groups is 1. The molecule has 1 aromatic rings. The molecular formula is C11H14N3O6-. The van der Waals surface area contributed by atoms with Crippen molar-refractivity contribution in [2.45, 2.75) is 19.1 Å². The van der Waals surface area contributed by atoms with Crippen LogP contribution in [0.2, 0.25) is 0 Å². The number of aliphatic imine (C=N–C) groups is 1.